The number of nitrogens with one attached hydrogen (secondary N) is 2. The molecule has 3 aliphatic rings. The molecule has 6 nitrogen and oxygen atoms in total. The van der Waals surface area contributed by atoms with E-state index in [9.17, 15) is 19.4 Å². The maximum atomic E-state index is 13.2. The van der Waals surface area contributed by atoms with Gasteiger partial charge in [0.1, 0.15) is 23.0 Å². The van der Waals surface area contributed by atoms with Crippen molar-refractivity contribution in [3.05, 3.63) is 53.5 Å². The number of carbonyl (C=O) groups is 1. The molecule has 5 rings (SSSR count). The number of aliphatic hydroxyl groups is 2. The van der Waals surface area contributed by atoms with Gasteiger partial charge in [-0.1, -0.05) is 12.1 Å². The predicted molar refractivity (Wildman–Crippen MR) is 102 cm³/mol. The number of aliphatic hydroxyl groups excluding tert-OH is 2. The number of hydrogen-bond donors (Lipinski definition) is 4. The van der Waals surface area contributed by atoms with E-state index in [1.54, 1.807) is 24.4 Å². The van der Waals surface area contributed by atoms with Gasteiger partial charge in [0.25, 0.3) is 5.91 Å². The van der Waals surface area contributed by atoms with E-state index in [-0.39, 0.29) is 29.0 Å². The average Bonchev–Trinajstić information content (AvgIpc) is 3.43. The van der Waals surface area contributed by atoms with Crippen LogP contribution < -0.4 is 10.6 Å². The number of anilines is 1. The van der Waals surface area contributed by atoms with Gasteiger partial charge in [-0.3, -0.25) is 4.79 Å². The van der Waals surface area contributed by atoms with E-state index in [4.69, 9.17) is 0 Å². The highest BCUT2D eigenvalue weighted by Crippen LogP contribution is 2.60. The summed E-state index contributed by atoms with van der Waals surface area (Å²) < 4.78 is 13.2. The Kier molecular flexibility index (Phi) is 3.71. The zero-order valence-corrected chi connectivity index (χ0v) is 15.1. The van der Waals surface area contributed by atoms with E-state index < -0.39 is 12.1 Å². The molecule has 1 amide bonds. The van der Waals surface area contributed by atoms with Gasteiger partial charge >= 0.3 is 0 Å². The zero-order chi connectivity index (χ0) is 19.5. The van der Waals surface area contributed by atoms with Crippen molar-refractivity contribution in [2.24, 2.45) is 5.41 Å². The molecule has 2 saturated carbocycles. The summed E-state index contributed by atoms with van der Waals surface area (Å²) in [5.74, 6) is -0.829. The van der Waals surface area contributed by atoms with Gasteiger partial charge in [-0.25, -0.2) is 9.37 Å². The summed E-state index contributed by atoms with van der Waals surface area (Å²) in [6.07, 6.45) is 4.59. The van der Waals surface area contributed by atoms with Crippen LogP contribution in [0.2, 0.25) is 0 Å². The van der Waals surface area contributed by atoms with Crippen molar-refractivity contribution in [3.63, 3.8) is 0 Å². The van der Waals surface area contributed by atoms with Gasteiger partial charge in [0, 0.05) is 17.8 Å². The molecule has 4 N–H and O–H groups in total. The summed E-state index contributed by atoms with van der Waals surface area (Å²) in [6.45, 7) is 0. The van der Waals surface area contributed by atoms with E-state index >= 15 is 0 Å². The second-order valence-corrected chi connectivity index (χ2v) is 8.01. The third-order valence-electron chi connectivity index (χ3n) is 6.02. The van der Waals surface area contributed by atoms with Crippen LogP contribution in [0, 0.1) is 11.2 Å². The molecule has 144 valence electrons. The van der Waals surface area contributed by atoms with E-state index in [0.29, 0.717) is 16.5 Å². The molecule has 2 fully saturated rings. The van der Waals surface area contributed by atoms with Gasteiger partial charge in [0.05, 0.1) is 5.56 Å². The van der Waals surface area contributed by atoms with Crippen LogP contribution in [0.25, 0.3) is 16.9 Å². The summed E-state index contributed by atoms with van der Waals surface area (Å²) in [5, 5.41) is 26.7. The summed E-state index contributed by atoms with van der Waals surface area (Å²) in [5.41, 5.74) is 2.05. The van der Waals surface area contributed by atoms with E-state index in [2.05, 4.69) is 15.6 Å². The number of aromatic nitrogens is 1. The Bertz CT molecular complexity index is 990. The summed E-state index contributed by atoms with van der Waals surface area (Å²) >= 11 is 0. The number of nitrogens with zero attached hydrogens (tertiary/aromatic N) is 1. The van der Waals surface area contributed by atoms with E-state index in [0.717, 1.165) is 18.4 Å². The number of fused-ring (bicyclic) bond motifs is 1. The number of halogens is 1. The Labute approximate surface area is 161 Å². The molecule has 2 aromatic rings. The van der Waals surface area contributed by atoms with Crippen molar-refractivity contribution < 1.29 is 19.4 Å². The van der Waals surface area contributed by atoms with Gasteiger partial charge in [0.15, 0.2) is 6.23 Å². The molecule has 2 heterocycles. The summed E-state index contributed by atoms with van der Waals surface area (Å²) in [7, 11) is 0. The normalized spacial score (nSPS) is 22.3. The topological polar surface area (TPSA) is 94.5 Å². The van der Waals surface area contributed by atoms with Crippen LogP contribution in [0.15, 0.2) is 42.1 Å². The van der Waals surface area contributed by atoms with Crippen LogP contribution >= 0.6 is 0 Å². The lowest BCUT2D eigenvalue weighted by Gasteiger charge is -2.37. The fraction of sp³-hybridized carbons (Fsp3) is 0.333. The molecule has 1 aliphatic heterocycles. The highest BCUT2D eigenvalue weighted by Gasteiger charge is 2.53. The lowest BCUT2D eigenvalue weighted by molar-refractivity contribution is -0.120. The minimum absolute atomic E-state index is 0.0903. The lowest BCUT2D eigenvalue weighted by Crippen LogP contribution is -2.48. The minimum Gasteiger partial charge on any atom is -0.507 e. The molecule has 0 radical (unpaired) electrons. The molecule has 28 heavy (non-hydrogen) atoms. The lowest BCUT2D eigenvalue weighted by atomic mass is 9.77. The highest BCUT2D eigenvalue weighted by molar-refractivity contribution is 6.03. The number of benzene rings is 1. The monoisotopic (exact) mass is 381 g/mol. The Morgan fingerprint density at radius 3 is 2.61 bits per heavy atom. The average molecular weight is 381 g/mol. The van der Waals surface area contributed by atoms with Crippen molar-refractivity contribution in [1.29, 1.82) is 0 Å². The molecule has 1 aromatic heterocycles. The maximum Gasteiger partial charge on any atom is 0.255 e. The molecule has 0 saturated heterocycles. The predicted octanol–water partition coefficient (Wildman–Crippen LogP) is 2.96. The molecular formula is C21H20FN3O3. The highest BCUT2D eigenvalue weighted by atomic mass is 19.1. The molecule has 1 atom stereocenters. The van der Waals surface area contributed by atoms with Crippen LogP contribution in [0.5, 0.6) is 0 Å². The number of amides is 1. The Morgan fingerprint density at radius 2 is 1.93 bits per heavy atom. The number of pyridine rings is 1. The molecule has 7 heteroatoms. The van der Waals surface area contributed by atoms with Crippen LogP contribution in [0.1, 0.15) is 31.2 Å². The standard InChI is InChI=1S/C21H20FN3O3/c22-13-3-1-11(2-4-13)12-7-15-17(26)16(20(28)25-18(15)23-10-12)19(27)24-14-8-21(9-14)5-6-21/h1-4,7,10,14,20,26,28H,5-6,8-9H2,(H,23,25)(H,24,27). The van der Waals surface area contributed by atoms with Crippen LogP contribution in [0.3, 0.4) is 0 Å². The van der Waals surface area contributed by atoms with E-state index in [1.807, 2.05) is 0 Å². The fourth-order valence-corrected chi connectivity index (χ4v) is 4.20. The zero-order valence-electron chi connectivity index (χ0n) is 15.1. The molecule has 1 spiro atoms. The first kappa shape index (κ1) is 17.2. The number of carbonyl (C=O) groups excluding carboxylic acids is 1. The summed E-state index contributed by atoms with van der Waals surface area (Å²) in [4.78, 5) is 16.9. The van der Waals surface area contributed by atoms with Gasteiger partial charge in [-0.2, -0.15) is 0 Å². The van der Waals surface area contributed by atoms with Gasteiger partial charge in [0.2, 0.25) is 0 Å². The Balaban J connectivity index is 1.44. The smallest absolute Gasteiger partial charge is 0.255 e. The number of hydrogen-bond acceptors (Lipinski definition) is 5. The number of rotatable bonds is 3. The second-order valence-electron chi connectivity index (χ2n) is 8.01. The van der Waals surface area contributed by atoms with Crippen molar-refractivity contribution in [2.45, 2.75) is 38.0 Å². The largest absolute Gasteiger partial charge is 0.507 e. The third kappa shape index (κ3) is 2.82. The first-order chi connectivity index (χ1) is 13.4. The van der Waals surface area contributed by atoms with Crippen LogP contribution in [-0.4, -0.2) is 33.4 Å². The van der Waals surface area contributed by atoms with Crippen LogP contribution in [0.4, 0.5) is 10.2 Å². The van der Waals surface area contributed by atoms with Gasteiger partial charge in [-0.05, 0) is 54.9 Å². The van der Waals surface area contributed by atoms with Gasteiger partial charge < -0.3 is 20.8 Å². The Hall–Kier alpha value is -2.93. The first-order valence-electron chi connectivity index (χ1n) is 9.39. The van der Waals surface area contributed by atoms with Crippen molar-refractivity contribution in [3.8, 4) is 11.1 Å². The van der Waals surface area contributed by atoms with Crippen molar-refractivity contribution in [2.75, 3.05) is 5.32 Å². The molecule has 1 unspecified atom stereocenters. The molecule has 0 bridgehead atoms. The van der Waals surface area contributed by atoms with Crippen LogP contribution in [-0.2, 0) is 4.79 Å². The SMILES string of the molecule is O=C(NC1CC2(CC2)C1)C1=C(O)c2cc(-c3ccc(F)cc3)cnc2NC1O. The summed E-state index contributed by atoms with van der Waals surface area (Å²) in [6, 6.07) is 7.67. The maximum absolute atomic E-state index is 13.2. The van der Waals surface area contributed by atoms with E-state index in [1.165, 1.54) is 25.0 Å². The van der Waals surface area contributed by atoms with Crippen molar-refractivity contribution >= 4 is 17.5 Å². The molecule has 2 aliphatic carbocycles. The molecular weight excluding hydrogens is 361 g/mol. The molecule has 1 aromatic carbocycles. The Morgan fingerprint density at radius 1 is 1.21 bits per heavy atom. The van der Waals surface area contributed by atoms with Crippen molar-refractivity contribution in [1.82, 2.24) is 10.3 Å². The first-order valence-corrected chi connectivity index (χ1v) is 9.39. The quantitative estimate of drug-likeness (QED) is 0.656. The second kappa shape index (κ2) is 6.04. The third-order valence-corrected chi connectivity index (χ3v) is 6.02. The minimum atomic E-state index is -1.34. The fourth-order valence-electron chi connectivity index (χ4n) is 4.20. The van der Waals surface area contributed by atoms with Gasteiger partial charge in [-0.15, -0.1) is 0 Å².